The van der Waals surface area contributed by atoms with Crippen LogP contribution < -0.4 is 5.73 Å². The molecule has 0 aliphatic carbocycles. The van der Waals surface area contributed by atoms with Gasteiger partial charge in [0.1, 0.15) is 0 Å². The van der Waals surface area contributed by atoms with Crippen LogP contribution in [-0.4, -0.2) is 16.5 Å². The lowest BCUT2D eigenvalue weighted by atomic mass is 10.0. The van der Waals surface area contributed by atoms with Gasteiger partial charge in [0.05, 0.1) is 18.1 Å². The highest BCUT2D eigenvalue weighted by molar-refractivity contribution is 5.74. The number of rotatable bonds is 5. The Morgan fingerprint density at radius 2 is 1.86 bits per heavy atom. The van der Waals surface area contributed by atoms with Crippen molar-refractivity contribution in [3.05, 3.63) is 54.4 Å². The third-order valence-electron chi connectivity index (χ3n) is 3.12. The number of primary amides is 1. The molecule has 2 aromatic rings. The van der Waals surface area contributed by atoms with Crippen LogP contribution in [0.1, 0.15) is 38.9 Å². The van der Waals surface area contributed by atoms with Gasteiger partial charge in [-0.15, -0.1) is 0 Å². The minimum atomic E-state index is -0.395. The topological polar surface area (TPSA) is 65.2 Å². The summed E-state index contributed by atoms with van der Waals surface area (Å²) in [6, 6.07) is 12.0. The van der Waals surface area contributed by atoms with Gasteiger partial charge in [-0.25, -0.2) is 0 Å². The maximum Gasteiger partial charge on any atom is 0.220 e. The van der Waals surface area contributed by atoms with Crippen molar-refractivity contribution in [1.82, 2.24) is 4.98 Å². The van der Waals surface area contributed by atoms with Gasteiger partial charge in [0, 0.05) is 23.5 Å². The fraction of sp³-hybridized carbons (Fsp3) is 0.333. The highest BCUT2D eigenvalue weighted by atomic mass is 16.5. The van der Waals surface area contributed by atoms with Crippen LogP contribution in [-0.2, 0) is 9.53 Å². The Balaban J connectivity index is 2.33. The number of hydrogen-bond donors (Lipinski definition) is 1. The number of aromatic nitrogens is 1. The summed E-state index contributed by atoms with van der Waals surface area (Å²) >= 11 is 0. The number of benzene rings is 1. The van der Waals surface area contributed by atoms with Gasteiger partial charge in [-0.2, -0.15) is 0 Å². The zero-order chi connectivity index (χ0) is 16.2. The van der Waals surface area contributed by atoms with Crippen LogP contribution >= 0.6 is 0 Å². The predicted molar refractivity (Wildman–Crippen MR) is 87.1 cm³/mol. The monoisotopic (exact) mass is 298 g/mol. The van der Waals surface area contributed by atoms with Crippen LogP contribution in [0.3, 0.4) is 0 Å². The Morgan fingerprint density at radius 1 is 1.18 bits per heavy atom. The van der Waals surface area contributed by atoms with Crippen molar-refractivity contribution in [3.8, 4) is 11.1 Å². The summed E-state index contributed by atoms with van der Waals surface area (Å²) in [5, 5.41) is 0. The van der Waals surface area contributed by atoms with Gasteiger partial charge in [0.15, 0.2) is 0 Å². The summed E-state index contributed by atoms with van der Waals surface area (Å²) < 4.78 is 5.98. The van der Waals surface area contributed by atoms with E-state index < -0.39 is 6.10 Å². The van der Waals surface area contributed by atoms with Gasteiger partial charge < -0.3 is 10.5 Å². The molecule has 116 valence electrons. The molecule has 0 saturated heterocycles. The van der Waals surface area contributed by atoms with Crippen LogP contribution in [0.5, 0.6) is 0 Å². The lowest BCUT2D eigenvalue weighted by Gasteiger charge is -2.27. The second-order valence-electron chi connectivity index (χ2n) is 6.26. The maximum atomic E-state index is 11.3. The Labute approximate surface area is 131 Å². The van der Waals surface area contributed by atoms with Crippen molar-refractivity contribution < 1.29 is 9.53 Å². The SMILES string of the molecule is CC(C)(C)OC(CC(N)=O)c1cncc(-c2ccccc2)c1. The van der Waals surface area contributed by atoms with Crippen molar-refractivity contribution in [3.63, 3.8) is 0 Å². The molecule has 1 unspecified atom stereocenters. The average Bonchev–Trinajstić information content (AvgIpc) is 2.46. The minimum Gasteiger partial charge on any atom is -0.370 e. The van der Waals surface area contributed by atoms with E-state index in [9.17, 15) is 4.79 Å². The first-order chi connectivity index (χ1) is 10.3. The maximum absolute atomic E-state index is 11.3. The van der Waals surface area contributed by atoms with Crippen molar-refractivity contribution in [2.75, 3.05) is 0 Å². The number of ether oxygens (including phenoxy) is 1. The minimum absolute atomic E-state index is 0.136. The summed E-state index contributed by atoms with van der Waals surface area (Å²) in [6.07, 6.45) is 3.27. The molecular weight excluding hydrogens is 276 g/mol. The summed E-state index contributed by atoms with van der Waals surface area (Å²) in [4.78, 5) is 15.6. The molecule has 2 N–H and O–H groups in total. The van der Waals surface area contributed by atoms with Crippen molar-refractivity contribution in [1.29, 1.82) is 0 Å². The smallest absolute Gasteiger partial charge is 0.220 e. The standard InChI is InChI=1S/C18H22N2O2/c1-18(2,3)22-16(10-17(19)21)15-9-14(11-20-12-15)13-7-5-4-6-8-13/h4-9,11-12,16H,10H2,1-3H3,(H2,19,21). The molecule has 22 heavy (non-hydrogen) atoms. The van der Waals surface area contributed by atoms with Crippen molar-refractivity contribution in [2.45, 2.75) is 38.9 Å². The molecule has 2 rings (SSSR count). The lowest BCUT2D eigenvalue weighted by Crippen LogP contribution is -2.26. The highest BCUT2D eigenvalue weighted by Crippen LogP contribution is 2.29. The molecule has 0 spiro atoms. The largest absolute Gasteiger partial charge is 0.370 e. The molecule has 0 aliphatic heterocycles. The Kier molecular flexibility index (Phi) is 4.93. The third kappa shape index (κ3) is 4.67. The molecule has 4 nitrogen and oxygen atoms in total. The number of amides is 1. The molecule has 1 aromatic heterocycles. The van der Waals surface area contributed by atoms with E-state index in [1.54, 1.807) is 12.4 Å². The van der Waals surface area contributed by atoms with Gasteiger partial charge >= 0.3 is 0 Å². The van der Waals surface area contributed by atoms with E-state index in [2.05, 4.69) is 4.98 Å². The van der Waals surface area contributed by atoms with E-state index in [-0.39, 0.29) is 17.9 Å². The zero-order valence-corrected chi connectivity index (χ0v) is 13.2. The highest BCUT2D eigenvalue weighted by Gasteiger charge is 2.23. The predicted octanol–water partition coefficient (Wildman–Crippen LogP) is 3.48. The van der Waals surface area contributed by atoms with E-state index >= 15 is 0 Å². The van der Waals surface area contributed by atoms with Crippen molar-refractivity contribution >= 4 is 5.91 Å². The quantitative estimate of drug-likeness (QED) is 0.919. The normalized spacial score (nSPS) is 12.9. The number of carbonyl (C=O) groups excluding carboxylic acids is 1. The van der Waals surface area contributed by atoms with Crippen LogP contribution in [0.25, 0.3) is 11.1 Å². The van der Waals surface area contributed by atoms with E-state index in [0.717, 1.165) is 16.7 Å². The Bertz CT molecular complexity index is 633. The second kappa shape index (κ2) is 6.71. The molecule has 1 atom stereocenters. The Morgan fingerprint density at radius 3 is 2.45 bits per heavy atom. The summed E-state index contributed by atoms with van der Waals surface area (Å²) in [6.45, 7) is 5.86. The van der Waals surface area contributed by atoms with Gasteiger partial charge in [-0.1, -0.05) is 30.3 Å². The fourth-order valence-corrected chi connectivity index (χ4v) is 2.26. The molecule has 0 saturated carbocycles. The van der Waals surface area contributed by atoms with Gasteiger partial charge in [0.25, 0.3) is 0 Å². The van der Waals surface area contributed by atoms with Gasteiger partial charge in [-0.05, 0) is 32.4 Å². The number of nitrogens with zero attached hydrogens (tertiary/aromatic N) is 1. The molecule has 1 aromatic carbocycles. The summed E-state index contributed by atoms with van der Waals surface area (Å²) in [5.74, 6) is -0.389. The van der Waals surface area contributed by atoms with E-state index in [0.29, 0.717) is 0 Å². The molecule has 0 aliphatic rings. The van der Waals surface area contributed by atoms with Gasteiger partial charge in [-0.3, -0.25) is 9.78 Å². The molecule has 1 amide bonds. The first-order valence-corrected chi connectivity index (χ1v) is 7.31. The lowest BCUT2D eigenvalue weighted by molar-refractivity contribution is -0.125. The molecule has 0 bridgehead atoms. The summed E-state index contributed by atoms with van der Waals surface area (Å²) in [5.41, 5.74) is 7.91. The van der Waals surface area contributed by atoms with Crippen LogP contribution in [0.4, 0.5) is 0 Å². The zero-order valence-electron chi connectivity index (χ0n) is 13.2. The third-order valence-corrected chi connectivity index (χ3v) is 3.12. The number of hydrogen-bond acceptors (Lipinski definition) is 3. The molecule has 0 fully saturated rings. The fourth-order valence-electron chi connectivity index (χ4n) is 2.26. The van der Waals surface area contributed by atoms with Crippen LogP contribution in [0, 0.1) is 0 Å². The average molecular weight is 298 g/mol. The summed E-state index contributed by atoms with van der Waals surface area (Å²) in [7, 11) is 0. The molecular formula is C18H22N2O2. The number of pyridine rings is 1. The number of nitrogens with two attached hydrogens (primary N) is 1. The molecule has 1 heterocycles. The van der Waals surface area contributed by atoms with Gasteiger partial charge in [0.2, 0.25) is 5.91 Å². The van der Waals surface area contributed by atoms with E-state index in [4.69, 9.17) is 10.5 Å². The van der Waals surface area contributed by atoms with Crippen molar-refractivity contribution in [2.24, 2.45) is 5.73 Å². The van der Waals surface area contributed by atoms with E-state index in [1.807, 2.05) is 57.2 Å². The molecule has 4 heteroatoms. The second-order valence-corrected chi connectivity index (χ2v) is 6.26. The molecule has 0 radical (unpaired) electrons. The Hall–Kier alpha value is -2.20. The van der Waals surface area contributed by atoms with Crippen LogP contribution in [0.2, 0.25) is 0 Å². The first-order valence-electron chi connectivity index (χ1n) is 7.31. The van der Waals surface area contributed by atoms with Crippen LogP contribution in [0.15, 0.2) is 48.8 Å². The van der Waals surface area contributed by atoms with E-state index in [1.165, 1.54) is 0 Å². The number of carbonyl (C=O) groups is 1. The first kappa shape index (κ1) is 16.2.